The van der Waals surface area contributed by atoms with Gasteiger partial charge in [0.15, 0.2) is 5.82 Å². The third kappa shape index (κ3) is 3.85. The molecular formula is C10H15ClN4O2. The number of nitrogens with two attached hydrogens (primary N) is 1. The molecule has 0 saturated carbocycles. The van der Waals surface area contributed by atoms with Crippen LogP contribution in [-0.2, 0) is 4.74 Å². The van der Waals surface area contributed by atoms with Crippen LogP contribution < -0.4 is 16.6 Å². The monoisotopic (exact) mass is 258 g/mol. The molecule has 1 rings (SSSR count). The van der Waals surface area contributed by atoms with Gasteiger partial charge in [-0.25, -0.2) is 10.8 Å². The maximum atomic E-state index is 11.8. The van der Waals surface area contributed by atoms with E-state index in [2.05, 4.69) is 15.7 Å². The summed E-state index contributed by atoms with van der Waals surface area (Å²) in [5.41, 5.74) is 2.70. The maximum Gasteiger partial charge on any atom is 0.253 e. The van der Waals surface area contributed by atoms with Gasteiger partial charge in [-0.2, -0.15) is 0 Å². The van der Waals surface area contributed by atoms with Gasteiger partial charge in [-0.05, 0) is 13.0 Å². The summed E-state index contributed by atoms with van der Waals surface area (Å²) < 4.78 is 4.92. The lowest BCUT2D eigenvalue weighted by Gasteiger charge is -2.13. The fraction of sp³-hybridized carbons (Fsp3) is 0.400. The van der Waals surface area contributed by atoms with Crippen LogP contribution in [0.3, 0.4) is 0 Å². The molecule has 1 unspecified atom stereocenters. The Morgan fingerprint density at radius 3 is 2.94 bits per heavy atom. The molecule has 94 valence electrons. The smallest absolute Gasteiger partial charge is 0.253 e. The molecule has 0 fully saturated rings. The molecule has 6 nitrogen and oxygen atoms in total. The molecule has 1 atom stereocenters. The van der Waals surface area contributed by atoms with Crippen molar-refractivity contribution in [1.82, 2.24) is 10.3 Å². The molecular weight excluding hydrogens is 244 g/mol. The Bertz CT molecular complexity index is 400. The van der Waals surface area contributed by atoms with Gasteiger partial charge in [-0.1, -0.05) is 11.6 Å². The van der Waals surface area contributed by atoms with Crippen molar-refractivity contribution in [3.05, 3.63) is 22.8 Å². The van der Waals surface area contributed by atoms with Crippen LogP contribution in [0.2, 0.25) is 5.02 Å². The van der Waals surface area contributed by atoms with Gasteiger partial charge in [0.05, 0.1) is 17.2 Å². The Kier molecular flexibility index (Phi) is 5.14. The van der Waals surface area contributed by atoms with Gasteiger partial charge in [0.2, 0.25) is 0 Å². The van der Waals surface area contributed by atoms with E-state index in [1.54, 1.807) is 7.11 Å². The molecule has 0 aliphatic rings. The lowest BCUT2D eigenvalue weighted by Crippen LogP contribution is -2.35. The van der Waals surface area contributed by atoms with Crippen LogP contribution in [0.5, 0.6) is 0 Å². The molecule has 0 bridgehead atoms. The van der Waals surface area contributed by atoms with Crippen LogP contribution in [0.25, 0.3) is 0 Å². The predicted octanol–water partition coefficient (Wildman–Crippen LogP) is 0.785. The highest BCUT2D eigenvalue weighted by molar-refractivity contribution is 6.33. The highest BCUT2D eigenvalue weighted by Gasteiger charge is 2.11. The fourth-order valence-electron chi connectivity index (χ4n) is 1.27. The van der Waals surface area contributed by atoms with Crippen LogP contribution >= 0.6 is 11.6 Å². The summed E-state index contributed by atoms with van der Waals surface area (Å²) in [4.78, 5) is 15.7. The predicted molar refractivity (Wildman–Crippen MR) is 65.9 cm³/mol. The van der Waals surface area contributed by atoms with Gasteiger partial charge in [-0.3, -0.25) is 4.79 Å². The summed E-state index contributed by atoms with van der Waals surface area (Å²) in [7, 11) is 1.57. The van der Waals surface area contributed by atoms with Gasteiger partial charge in [0, 0.05) is 19.3 Å². The number of rotatable bonds is 5. The molecule has 0 aliphatic heterocycles. The third-order valence-electron chi connectivity index (χ3n) is 2.03. The van der Waals surface area contributed by atoms with E-state index in [0.717, 1.165) is 0 Å². The Hall–Kier alpha value is -1.37. The molecule has 17 heavy (non-hydrogen) atoms. The summed E-state index contributed by atoms with van der Waals surface area (Å²) in [5, 5.41) is 3.04. The number of halogens is 1. The van der Waals surface area contributed by atoms with Crippen molar-refractivity contribution in [3.63, 3.8) is 0 Å². The van der Waals surface area contributed by atoms with Crippen molar-refractivity contribution in [2.75, 3.05) is 19.1 Å². The van der Waals surface area contributed by atoms with Gasteiger partial charge in [0.1, 0.15) is 0 Å². The molecule has 1 aromatic heterocycles. The number of amides is 1. The SMILES string of the molecule is COCC(C)NC(=O)c1cnc(NN)c(Cl)c1. The van der Waals surface area contributed by atoms with E-state index < -0.39 is 0 Å². The first-order valence-corrected chi connectivity index (χ1v) is 5.38. The number of hydrogen-bond acceptors (Lipinski definition) is 5. The van der Waals surface area contributed by atoms with Crippen molar-refractivity contribution in [2.24, 2.45) is 5.84 Å². The molecule has 1 aromatic rings. The number of nitrogen functional groups attached to an aromatic ring is 1. The van der Waals surface area contributed by atoms with E-state index in [4.69, 9.17) is 22.2 Å². The van der Waals surface area contributed by atoms with Crippen LogP contribution in [0, 0.1) is 0 Å². The van der Waals surface area contributed by atoms with E-state index in [9.17, 15) is 4.79 Å². The molecule has 1 amide bonds. The summed E-state index contributed by atoms with van der Waals surface area (Å²) >= 11 is 5.86. The number of hydrazine groups is 1. The molecule has 1 heterocycles. The zero-order valence-corrected chi connectivity index (χ0v) is 10.4. The normalized spacial score (nSPS) is 12.0. The third-order valence-corrected chi connectivity index (χ3v) is 2.32. The molecule has 0 aromatic carbocycles. The quantitative estimate of drug-likeness (QED) is 0.537. The van der Waals surface area contributed by atoms with E-state index in [1.165, 1.54) is 12.3 Å². The summed E-state index contributed by atoms with van der Waals surface area (Å²) in [6, 6.07) is 1.41. The Labute approximate surface area is 104 Å². The number of nitrogens with zero attached hydrogens (tertiary/aromatic N) is 1. The average Bonchev–Trinajstić information content (AvgIpc) is 2.29. The first-order chi connectivity index (χ1) is 8.08. The van der Waals surface area contributed by atoms with E-state index in [0.29, 0.717) is 23.0 Å². The van der Waals surface area contributed by atoms with Crippen LogP contribution in [-0.4, -0.2) is 30.6 Å². The number of carbonyl (C=O) groups excluding carboxylic acids is 1. The minimum Gasteiger partial charge on any atom is -0.383 e. The standard InChI is InChI=1S/C10H15ClN4O2/c1-6(5-17-2)14-10(16)7-3-8(11)9(15-12)13-4-7/h3-4,6H,5,12H2,1-2H3,(H,13,15)(H,14,16). The van der Waals surface area contributed by atoms with Crippen LogP contribution in [0.4, 0.5) is 5.82 Å². The van der Waals surface area contributed by atoms with Gasteiger partial charge in [-0.15, -0.1) is 0 Å². The molecule has 0 radical (unpaired) electrons. The summed E-state index contributed by atoms with van der Waals surface area (Å²) in [6.45, 7) is 2.28. The van der Waals surface area contributed by atoms with Crippen LogP contribution in [0.1, 0.15) is 17.3 Å². The highest BCUT2D eigenvalue weighted by Crippen LogP contribution is 2.18. The molecule has 4 N–H and O–H groups in total. The molecule has 0 aliphatic carbocycles. The molecule has 0 spiro atoms. The maximum absolute atomic E-state index is 11.8. The van der Waals surface area contributed by atoms with E-state index in [-0.39, 0.29) is 11.9 Å². The average molecular weight is 259 g/mol. The number of anilines is 1. The zero-order chi connectivity index (χ0) is 12.8. The van der Waals surface area contributed by atoms with Crippen molar-refractivity contribution < 1.29 is 9.53 Å². The van der Waals surface area contributed by atoms with Crippen LogP contribution in [0.15, 0.2) is 12.3 Å². The van der Waals surface area contributed by atoms with Crippen molar-refractivity contribution in [2.45, 2.75) is 13.0 Å². The number of pyridine rings is 1. The molecule has 0 saturated heterocycles. The number of ether oxygens (including phenoxy) is 1. The first-order valence-electron chi connectivity index (χ1n) is 5.00. The number of methoxy groups -OCH3 is 1. The lowest BCUT2D eigenvalue weighted by molar-refractivity contribution is 0.0905. The van der Waals surface area contributed by atoms with Gasteiger partial charge in [0.25, 0.3) is 5.91 Å². The minimum absolute atomic E-state index is 0.0846. The Morgan fingerprint density at radius 1 is 1.71 bits per heavy atom. The second-order valence-corrected chi connectivity index (χ2v) is 3.94. The van der Waals surface area contributed by atoms with Crippen molar-refractivity contribution >= 4 is 23.3 Å². The zero-order valence-electron chi connectivity index (χ0n) is 9.66. The van der Waals surface area contributed by atoms with Crippen molar-refractivity contribution in [1.29, 1.82) is 0 Å². The summed E-state index contributed by atoms with van der Waals surface area (Å²) in [5.74, 6) is 5.25. The van der Waals surface area contributed by atoms with E-state index in [1.807, 2.05) is 6.92 Å². The number of nitrogens with one attached hydrogen (secondary N) is 2. The highest BCUT2D eigenvalue weighted by atomic mass is 35.5. The first kappa shape index (κ1) is 13.7. The largest absolute Gasteiger partial charge is 0.383 e. The second kappa shape index (κ2) is 6.39. The lowest BCUT2D eigenvalue weighted by atomic mass is 10.2. The molecule has 7 heteroatoms. The minimum atomic E-state index is -0.257. The Morgan fingerprint density at radius 2 is 2.41 bits per heavy atom. The number of carbonyl (C=O) groups is 1. The second-order valence-electron chi connectivity index (χ2n) is 3.53. The number of hydrogen-bond donors (Lipinski definition) is 3. The fourth-order valence-corrected chi connectivity index (χ4v) is 1.49. The van der Waals surface area contributed by atoms with Gasteiger partial charge < -0.3 is 15.5 Å². The van der Waals surface area contributed by atoms with E-state index >= 15 is 0 Å². The number of aromatic nitrogens is 1. The van der Waals surface area contributed by atoms with Gasteiger partial charge >= 0.3 is 0 Å². The Balaban J connectivity index is 2.72. The topological polar surface area (TPSA) is 89.3 Å². The summed E-state index contributed by atoms with van der Waals surface area (Å²) in [6.07, 6.45) is 1.40. The van der Waals surface area contributed by atoms with Crippen molar-refractivity contribution in [3.8, 4) is 0 Å².